The van der Waals surface area contributed by atoms with Crippen molar-refractivity contribution in [3.05, 3.63) is 179 Å². The molecule has 2 N–H and O–H groups in total. The van der Waals surface area contributed by atoms with Crippen LogP contribution >= 0.6 is 0 Å². The number of aliphatic imine (C=N–C) groups is 2. The second-order valence-corrected chi connectivity index (χ2v) is 14.3. The third kappa shape index (κ3) is 6.14. The van der Waals surface area contributed by atoms with Gasteiger partial charge in [-0.3, -0.25) is 9.98 Å². The molecule has 6 aromatic rings. The van der Waals surface area contributed by atoms with Crippen molar-refractivity contribution < 1.29 is 35.3 Å². The van der Waals surface area contributed by atoms with E-state index in [1.165, 1.54) is 11.4 Å². The minimum Gasteiger partial charge on any atom is -0.357 e. The Morgan fingerprint density at radius 1 is 0.585 bits per heavy atom. The standard InChI is InChI=1S/C44H43N8.Mn/c1-49-25-9-5-13-37(49)41-29-17-19-31(45-29)42(38-14-6-10-26-50(38)2)33-21-23-35(47-33)44(40-16-8-12-28-52(40)4)36-24-22-34(48-36)43(32-20-18-30(41)46-32)39-15-7-11-27-51(39)3;/h5-21,23,25-28,30,34,41,43H,22,24H2,1-4H3,(H,45,47);/q+3;/p+1. The van der Waals surface area contributed by atoms with Crippen molar-refractivity contribution in [1.82, 2.24) is 9.97 Å². The Morgan fingerprint density at radius 3 is 1.81 bits per heavy atom. The van der Waals surface area contributed by atoms with Crippen molar-refractivity contribution >= 4 is 22.6 Å². The fourth-order valence-corrected chi connectivity index (χ4v) is 8.51. The van der Waals surface area contributed by atoms with Gasteiger partial charge in [0.05, 0.1) is 51.0 Å². The zero-order valence-electron chi connectivity index (χ0n) is 30.5. The first-order chi connectivity index (χ1) is 25.4. The summed E-state index contributed by atoms with van der Waals surface area (Å²) in [5.74, 6) is -0.0253. The van der Waals surface area contributed by atoms with Crippen molar-refractivity contribution in [2.45, 2.75) is 36.8 Å². The van der Waals surface area contributed by atoms with Crippen LogP contribution in [0.4, 0.5) is 0 Å². The van der Waals surface area contributed by atoms with Crippen LogP contribution in [0.2, 0.25) is 0 Å². The van der Waals surface area contributed by atoms with Gasteiger partial charge in [-0.15, -0.1) is 0 Å². The number of nitrogens with zero attached hydrogens (tertiary/aromatic N) is 6. The van der Waals surface area contributed by atoms with Crippen molar-refractivity contribution in [1.29, 1.82) is 0 Å². The van der Waals surface area contributed by atoms with Crippen LogP contribution in [0.3, 0.4) is 0 Å². The number of aromatic amines is 2. The van der Waals surface area contributed by atoms with E-state index in [4.69, 9.17) is 9.98 Å². The molecule has 1 radical (unpaired) electrons. The molecule has 4 atom stereocenters. The number of aromatic nitrogens is 6. The van der Waals surface area contributed by atoms with Crippen molar-refractivity contribution in [2.75, 3.05) is 0 Å². The van der Waals surface area contributed by atoms with Gasteiger partial charge in [0.15, 0.2) is 36.2 Å². The molecule has 3 aliphatic heterocycles. The van der Waals surface area contributed by atoms with E-state index in [-0.39, 0.29) is 41.0 Å². The fourth-order valence-electron chi connectivity index (χ4n) is 8.51. The normalized spacial score (nSPS) is 20.6. The third-order valence-corrected chi connectivity index (χ3v) is 11.1. The molecule has 0 spiro atoms. The molecule has 3 aliphatic rings. The summed E-state index contributed by atoms with van der Waals surface area (Å²) < 4.78 is 8.87. The van der Waals surface area contributed by atoms with E-state index in [2.05, 4.69) is 190 Å². The molecule has 6 aromatic heterocycles. The zero-order chi connectivity index (χ0) is 35.3. The van der Waals surface area contributed by atoms with Gasteiger partial charge in [-0.1, -0.05) is 18.2 Å². The van der Waals surface area contributed by atoms with E-state index in [1.54, 1.807) is 0 Å². The van der Waals surface area contributed by atoms with E-state index in [0.29, 0.717) is 0 Å². The van der Waals surface area contributed by atoms with Crippen LogP contribution < -0.4 is 29.0 Å². The summed E-state index contributed by atoms with van der Waals surface area (Å²) in [4.78, 5) is 19.1. The van der Waals surface area contributed by atoms with Crippen LogP contribution in [-0.2, 0) is 45.3 Å². The average molecular weight is 740 g/mol. The smallest absolute Gasteiger partial charge is 0.216 e. The van der Waals surface area contributed by atoms with Gasteiger partial charge in [0, 0.05) is 71.3 Å². The largest absolute Gasteiger partial charge is 0.357 e. The zero-order valence-corrected chi connectivity index (χ0v) is 31.7. The molecule has 0 aromatic carbocycles. The van der Waals surface area contributed by atoms with Crippen molar-refractivity contribution in [3.8, 4) is 0 Å². The van der Waals surface area contributed by atoms with Crippen LogP contribution in [0.1, 0.15) is 58.8 Å². The van der Waals surface area contributed by atoms with Crippen LogP contribution in [0.5, 0.6) is 0 Å². The molecule has 0 saturated heterocycles. The van der Waals surface area contributed by atoms with Gasteiger partial charge in [-0.25, -0.2) is 18.3 Å². The molecule has 0 amide bonds. The summed E-state index contributed by atoms with van der Waals surface area (Å²) in [7, 11) is 8.50. The second kappa shape index (κ2) is 14.1. The summed E-state index contributed by atoms with van der Waals surface area (Å²) >= 11 is 0. The fraction of sp³-hybridized carbons (Fsp3) is 0.227. The number of pyridine rings is 4. The molecule has 8 bridgehead atoms. The van der Waals surface area contributed by atoms with Crippen LogP contribution in [-0.4, -0.2) is 33.5 Å². The Balaban J connectivity index is 0.00000400. The van der Waals surface area contributed by atoms with Gasteiger partial charge in [-0.05, 0) is 55.3 Å². The van der Waals surface area contributed by atoms with Gasteiger partial charge in [0.25, 0.3) is 0 Å². The van der Waals surface area contributed by atoms with Gasteiger partial charge in [0.1, 0.15) is 40.0 Å². The molecular weight excluding hydrogens is 695 g/mol. The predicted octanol–water partition coefficient (Wildman–Crippen LogP) is 3.00. The molecule has 0 fully saturated rings. The van der Waals surface area contributed by atoms with E-state index in [0.717, 1.165) is 68.9 Å². The van der Waals surface area contributed by atoms with E-state index >= 15 is 0 Å². The van der Waals surface area contributed by atoms with Crippen LogP contribution in [0, 0.1) is 0 Å². The van der Waals surface area contributed by atoms with Gasteiger partial charge in [-0.2, -0.15) is 0 Å². The molecule has 9 rings (SSSR count). The molecule has 9 heterocycles. The first-order valence-electron chi connectivity index (χ1n) is 18.2. The van der Waals surface area contributed by atoms with Gasteiger partial charge >= 0.3 is 0 Å². The SMILES string of the molecule is C[n+]1ccccc1C1=c2ccc([nH]2)=C(c2cccc[n+]2C)c2ccc([nH]2)C(c2cccc[n+]2C)C2C=CC(=N2)C(c2cccc[n+]2C)C2CCC1=N2.[Mn]. The molecule has 4 unspecified atom stereocenters. The number of aryl methyl sites for hydroxylation is 4. The number of allylic oxidation sites excluding steroid dienone is 1. The molecule has 263 valence electrons. The average Bonchev–Trinajstić information content (AvgIpc) is 3.99. The first kappa shape index (κ1) is 34.6. The van der Waals surface area contributed by atoms with Gasteiger partial charge in [0.2, 0.25) is 11.4 Å². The number of nitrogens with one attached hydrogen (secondary N) is 2. The molecule has 8 nitrogen and oxygen atoms in total. The van der Waals surface area contributed by atoms with Crippen molar-refractivity contribution in [3.63, 3.8) is 0 Å². The van der Waals surface area contributed by atoms with Gasteiger partial charge < -0.3 is 9.97 Å². The summed E-state index contributed by atoms with van der Waals surface area (Å²) in [5.41, 5.74) is 11.3. The monoisotopic (exact) mass is 739 g/mol. The number of hydrogen-bond acceptors (Lipinski definition) is 2. The summed E-state index contributed by atoms with van der Waals surface area (Å²) in [6.45, 7) is 0. The summed E-state index contributed by atoms with van der Waals surface area (Å²) in [6, 6.07) is 34.6. The predicted molar refractivity (Wildman–Crippen MR) is 201 cm³/mol. The third-order valence-electron chi connectivity index (χ3n) is 11.1. The van der Waals surface area contributed by atoms with E-state index < -0.39 is 0 Å². The Hall–Kier alpha value is -5.50. The number of fused-ring (bicyclic) bond motifs is 6. The summed E-state index contributed by atoms with van der Waals surface area (Å²) in [5, 5.41) is 2.10. The quantitative estimate of drug-likeness (QED) is 0.207. The second-order valence-electron chi connectivity index (χ2n) is 14.3. The first-order valence-corrected chi connectivity index (χ1v) is 18.2. The molecule has 9 heteroatoms. The maximum absolute atomic E-state index is 5.66. The number of rotatable bonds is 4. The molecular formula is C44H44MnN8+4. The van der Waals surface area contributed by atoms with E-state index in [1.807, 2.05) is 0 Å². The minimum atomic E-state index is -0.0942. The maximum Gasteiger partial charge on any atom is 0.216 e. The molecule has 53 heavy (non-hydrogen) atoms. The number of H-pyrrole nitrogens is 2. The maximum atomic E-state index is 5.66. The Labute approximate surface area is 320 Å². The Morgan fingerprint density at radius 2 is 1.17 bits per heavy atom. The molecule has 0 aliphatic carbocycles. The van der Waals surface area contributed by atoms with E-state index in [9.17, 15) is 0 Å². The summed E-state index contributed by atoms with van der Waals surface area (Å²) in [6.07, 6.45) is 14.9. The van der Waals surface area contributed by atoms with Crippen LogP contribution in [0.15, 0.2) is 144 Å². The van der Waals surface area contributed by atoms with Crippen molar-refractivity contribution in [2.24, 2.45) is 38.2 Å². The molecule has 0 saturated carbocycles. The Kier molecular flexibility index (Phi) is 9.23. The topological polar surface area (TPSA) is 71.8 Å². The number of hydrogen-bond donors (Lipinski definition) is 2. The minimum absolute atomic E-state index is 0. The van der Waals surface area contributed by atoms with Crippen LogP contribution in [0.25, 0.3) is 11.1 Å². The Bertz CT molecular complexity index is 2570.